The molecule has 0 spiro atoms. The summed E-state index contributed by atoms with van der Waals surface area (Å²) in [6.45, 7) is 0.972. The van der Waals surface area contributed by atoms with Gasteiger partial charge in [0.1, 0.15) is 0 Å². The second kappa shape index (κ2) is 15.8. The van der Waals surface area contributed by atoms with Gasteiger partial charge < -0.3 is 9.90 Å². The number of hydrogen-bond acceptors (Lipinski definition) is 3. The van der Waals surface area contributed by atoms with Crippen LogP contribution in [0.4, 0.5) is 0 Å². The third-order valence-corrected chi connectivity index (χ3v) is 0. The first-order valence-electron chi connectivity index (χ1n) is 1.05. The standard InChI is InChI=1S/C2H4O2.Fe.Na.O/c1-2(3)4;;;/h1H3,(H,3,4);;;/q;;+1;/p-1. The molecule has 0 radical (unpaired) electrons. The molecule has 5 heteroatoms. The van der Waals surface area contributed by atoms with Crippen molar-refractivity contribution in [2.45, 2.75) is 6.92 Å². The number of carbonyl (C=O) groups excluding carboxylic acids is 1. The van der Waals surface area contributed by atoms with E-state index >= 15 is 0 Å². The maximum atomic E-state index is 8.89. The van der Waals surface area contributed by atoms with Crippen molar-refractivity contribution in [3.8, 4) is 0 Å². The van der Waals surface area contributed by atoms with Crippen molar-refractivity contribution in [2.75, 3.05) is 0 Å². The van der Waals surface area contributed by atoms with Gasteiger partial charge in [0.05, 0.1) is 0 Å². The summed E-state index contributed by atoms with van der Waals surface area (Å²) in [6.07, 6.45) is 0. The summed E-state index contributed by atoms with van der Waals surface area (Å²) in [5, 5.41) is 8.89. The van der Waals surface area contributed by atoms with Gasteiger partial charge in [0.2, 0.25) is 0 Å². The van der Waals surface area contributed by atoms with Gasteiger partial charge in [-0.05, 0) is 6.92 Å². The van der Waals surface area contributed by atoms with Gasteiger partial charge in [-0.2, -0.15) is 0 Å². The van der Waals surface area contributed by atoms with Crippen molar-refractivity contribution in [3.63, 3.8) is 0 Å². The molecule has 38 valence electrons. The van der Waals surface area contributed by atoms with E-state index in [0.29, 0.717) is 0 Å². The third-order valence-electron chi connectivity index (χ3n) is 0. The van der Waals surface area contributed by atoms with Gasteiger partial charge in [-0.1, -0.05) is 0 Å². The molecule has 0 heterocycles. The first-order chi connectivity index (χ1) is 2.73. The van der Waals surface area contributed by atoms with E-state index in [4.69, 9.17) is 13.7 Å². The van der Waals surface area contributed by atoms with E-state index in [-0.39, 0.29) is 29.6 Å². The Hall–Kier alpha value is 0.789. The monoisotopic (exact) mass is 154 g/mol. The molecule has 0 N–H and O–H groups in total. The molecule has 0 aliphatic heterocycles. The van der Waals surface area contributed by atoms with Crippen molar-refractivity contribution >= 4 is 5.97 Å². The van der Waals surface area contributed by atoms with Crippen LogP contribution in [0.15, 0.2) is 0 Å². The van der Waals surface area contributed by atoms with Crippen LogP contribution < -0.4 is 34.7 Å². The molecule has 0 aromatic rings. The van der Waals surface area contributed by atoms with E-state index in [1.54, 1.807) is 0 Å². The summed E-state index contributed by atoms with van der Waals surface area (Å²) in [4.78, 5) is 8.89. The zero-order valence-electron chi connectivity index (χ0n) is 4.08. The van der Waals surface area contributed by atoms with Crippen LogP contribution in [0.3, 0.4) is 0 Å². The molecule has 0 aliphatic rings. The molecule has 7 heavy (non-hydrogen) atoms. The van der Waals surface area contributed by atoms with Gasteiger partial charge in [-0.15, -0.1) is 0 Å². The predicted molar refractivity (Wildman–Crippen MR) is 11.4 cm³/mol. The van der Waals surface area contributed by atoms with Crippen molar-refractivity contribution < 1.29 is 59.2 Å². The quantitative estimate of drug-likeness (QED) is 0.331. The molecular weight excluding hydrogens is 151 g/mol. The molecular formula is C2H3FeNaO3. The first kappa shape index (κ1) is 15.7. The minimum atomic E-state index is -1.08. The van der Waals surface area contributed by atoms with E-state index in [1.165, 1.54) is 0 Å². The van der Waals surface area contributed by atoms with Crippen LogP contribution >= 0.6 is 0 Å². The Morgan fingerprint density at radius 2 is 1.57 bits per heavy atom. The second-order valence-electron chi connectivity index (χ2n) is 0.492. The number of aliphatic carboxylic acids is 1. The fourth-order valence-corrected chi connectivity index (χ4v) is 0. The SMILES string of the molecule is CC(=O)[O-].[Na+].[O]=[Fe]. The van der Waals surface area contributed by atoms with Gasteiger partial charge in [-0.25, -0.2) is 0 Å². The van der Waals surface area contributed by atoms with Gasteiger partial charge in [0.25, 0.3) is 0 Å². The van der Waals surface area contributed by atoms with Crippen LogP contribution in [-0.4, -0.2) is 5.97 Å². The molecule has 0 rings (SSSR count). The number of carbonyl (C=O) groups is 1. The molecule has 0 saturated heterocycles. The zero-order valence-corrected chi connectivity index (χ0v) is 7.18. The fourth-order valence-electron chi connectivity index (χ4n) is 0. The van der Waals surface area contributed by atoms with Gasteiger partial charge in [0, 0.05) is 5.97 Å². The Morgan fingerprint density at radius 1 is 1.57 bits per heavy atom. The van der Waals surface area contributed by atoms with E-state index in [1.807, 2.05) is 15.9 Å². The van der Waals surface area contributed by atoms with Gasteiger partial charge >= 0.3 is 49.3 Å². The van der Waals surface area contributed by atoms with Gasteiger partial charge in [-0.3, -0.25) is 0 Å². The molecule has 0 aliphatic carbocycles. The van der Waals surface area contributed by atoms with E-state index < -0.39 is 5.97 Å². The molecule has 0 atom stereocenters. The second-order valence-corrected chi connectivity index (χ2v) is 0.492. The molecule has 0 fully saturated rings. The van der Waals surface area contributed by atoms with E-state index in [9.17, 15) is 0 Å². The van der Waals surface area contributed by atoms with Crippen molar-refractivity contribution in [1.29, 1.82) is 0 Å². The number of hydrogen-bond donors (Lipinski definition) is 0. The maximum absolute atomic E-state index is 8.89. The Bertz CT molecular complexity index is 44.2. The molecule has 0 aromatic carbocycles. The molecule has 0 bridgehead atoms. The minimum absolute atomic E-state index is 0. The van der Waals surface area contributed by atoms with Crippen LogP contribution in [-0.2, 0) is 24.6 Å². The summed E-state index contributed by atoms with van der Waals surface area (Å²) in [7, 11) is 0. The van der Waals surface area contributed by atoms with E-state index in [0.717, 1.165) is 6.92 Å². The summed E-state index contributed by atoms with van der Waals surface area (Å²) in [6, 6.07) is 0. The third kappa shape index (κ3) is 250. The van der Waals surface area contributed by atoms with Crippen molar-refractivity contribution in [1.82, 2.24) is 0 Å². The number of rotatable bonds is 0. The topological polar surface area (TPSA) is 57.2 Å². The summed E-state index contributed by atoms with van der Waals surface area (Å²) in [5.41, 5.74) is 0. The van der Waals surface area contributed by atoms with Crippen molar-refractivity contribution in [3.05, 3.63) is 0 Å². The fraction of sp³-hybridized carbons (Fsp3) is 0.500. The summed E-state index contributed by atoms with van der Waals surface area (Å²) in [5.74, 6) is -1.08. The van der Waals surface area contributed by atoms with Crippen LogP contribution in [0.5, 0.6) is 0 Å². The normalized spacial score (nSPS) is 4.29. The molecule has 0 amide bonds. The molecule has 3 nitrogen and oxygen atoms in total. The van der Waals surface area contributed by atoms with Crippen LogP contribution in [0.1, 0.15) is 6.92 Å². The Kier molecular flexibility index (Phi) is 35.4. The average Bonchev–Trinajstić information content (AvgIpc) is 1.41. The zero-order chi connectivity index (χ0) is 5.58. The van der Waals surface area contributed by atoms with Gasteiger partial charge in [0.15, 0.2) is 0 Å². The molecule has 0 aromatic heterocycles. The first-order valence-corrected chi connectivity index (χ1v) is 1.50. The summed E-state index contributed by atoms with van der Waals surface area (Å²) < 4.78 is 8.00. The number of carboxylic acids is 1. The van der Waals surface area contributed by atoms with Crippen LogP contribution in [0.2, 0.25) is 0 Å². The average molecular weight is 154 g/mol. The summed E-state index contributed by atoms with van der Waals surface area (Å²) >= 11 is 2.00. The molecule has 0 saturated carbocycles. The molecule has 0 unspecified atom stereocenters. The number of carboxylic acid groups (broad SMARTS) is 1. The Balaban J connectivity index is -0.0000000480. The van der Waals surface area contributed by atoms with Crippen molar-refractivity contribution in [2.24, 2.45) is 0 Å². The Labute approximate surface area is 71.8 Å². The Morgan fingerprint density at radius 3 is 1.57 bits per heavy atom. The van der Waals surface area contributed by atoms with E-state index in [2.05, 4.69) is 0 Å². The van der Waals surface area contributed by atoms with Crippen LogP contribution in [0, 0.1) is 0 Å². The predicted octanol–water partition coefficient (Wildman–Crippen LogP) is -4.36. The van der Waals surface area contributed by atoms with Crippen LogP contribution in [0.25, 0.3) is 0 Å².